The molecule has 29 heavy (non-hydrogen) atoms. The number of nitrogens with one attached hydrogen (secondary N) is 2. The Bertz CT molecular complexity index is 944. The van der Waals surface area contributed by atoms with Crippen LogP contribution in [-0.2, 0) is 0 Å². The second kappa shape index (κ2) is 7.87. The van der Waals surface area contributed by atoms with Crippen LogP contribution in [0.2, 0.25) is 0 Å². The number of carbonyl (C=O) groups is 1. The van der Waals surface area contributed by atoms with Crippen LogP contribution < -0.4 is 15.4 Å². The highest BCUT2D eigenvalue weighted by Crippen LogP contribution is 2.38. The molecule has 5 rings (SSSR count). The standard InChI is InChI=1S/C23H26N4O2/c28-23(25-17-5-1-2-6-17)16-9-10-21-19(15-16)26-22(27-13-11-24-12-14-27)18-7-3-4-8-20(18)29-21/h3-4,7-10,15,17,24H,1-2,5-6,11-14H2,(H,25,28). The average molecular weight is 390 g/mol. The van der Waals surface area contributed by atoms with E-state index in [1.165, 1.54) is 12.8 Å². The van der Waals surface area contributed by atoms with E-state index in [-0.39, 0.29) is 5.91 Å². The van der Waals surface area contributed by atoms with Crippen LogP contribution in [0.5, 0.6) is 11.5 Å². The first-order chi connectivity index (χ1) is 14.3. The quantitative estimate of drug-likeness (QED) is 0.824. The normalized spacial score (nSPS) is 18.9. The lowest BCUT2D eigenvalue weighted by atomic mass is 10.1. The van der Waals surface area contributed by atoms with Gasteiger partial charge in [0.25, 0.3) is 5.91 Å². The van der Waals surface area contributed by atoms with Crippen LogP contribution in [0.3, 0.4) is 0 Å². The van der Waals surface area contributed by atoms with Gasteiger partial charge >= 0.3 is 0 Å². The number of piperazine rings is 1. The molecule has 2 heterocycles. The predicted octanol–water partition coefficient (Wildman–Crippen LogP) is 3.45. The van der Waals surface area contributed by atoms with Gasteiger partial charge in [0.1, 0.15) is 17.3 Å². The van der Waals surface area contributed by atoms with Crippen molar-refractivity contribution in [2.75, 3.05) is 26.2 Å². The van der Waals surface area contributed by atoms with Crippen LogP contribution in [0, 0.1) is 0 Å². The molecule has 0 unspecified atom stereocenters. The fourth-order valence-corrected chi connectivity index (χ4v) is 4.32. The molecule has 3 aliphatic rings. The second-order valence-corrected chi connectivity index (χ2v) is 7.91. The van der Waals surface area contributed by atoms with Gasteiger partial charge in [-0.15, -0.1) is 0 Å². The van der Waals surface area contributed by atoms with Crippen molar-refractivity contribution < 1.29 is 9.53 Å². The molecule has 150 valence electrons. The van der Waals surface area contributed by atoms with Crippen LogP contribution in [0.15, 0.2) is 47.5 Å². The number of para-hydroxylation sites is 1. The Morgan fingerprint density at radius 2 is 1.86 bits per heavy atom. The lowest BCUT2D eigenvalue weighted by Gasteiger charge is -2.30. The Hall–Kier alpha value is -2.86. The van der Waals surface area contributed by atoms with Crippen molar-refractivity contribution in [1.29, 1.82) is 0 Å². The van der Waals surface area contributed by atoms with Crippen molar-refractivity contribution >= 4 is 17.4 Å². The van der Waals surface area contributed by atoms with Gasteiger partial charge in [0.05, 0.1) is 5.56 Å². The van der Waals surface area contributed by atoms with Gasteiger partial charge in [-0.3, -0.25) is 4.79 Å². The van der Waals surface area contributed by atoms with E-state index in [2.05, 4.69) is 21.6 Å². The number of aliphatic imine (C=N–C) groups is 1. The van der Waals surface area contributed by atoms with E-state index in [1.807, 2.05) is 36.4 Å². The SMILES string of the molecule is O=C(NC1CCCC1)c1ccc2c(c1)N=C(N1CCNCC1)c1ccccc1O2. The molecule has 2 aromatic rings. The average Bonchev–Trinajstić information content (AvgIpc) is 3.21. The zero-order chi connectivity index (χ0) is 19.6. The molecular weight excluding hydrogens is 364 g/mol. The number of ether oxygens (including phenoxy) is 1. The number of amidine groups is 1. The Balaban J connectivity index is 1.51. The predicted molar refractivity (Wildman–Crippen MR) is 113 cm³/mol. The van der Waals surface area contributed by atoms with Crippen molar-refractivity contribution in [2.45, 2.75) is 31.7 Å². The molecule has 2 aliphatic heterocycles. The highest BCUT2D eigenvalue weighted by Gasteiger charge is 2.25. The number of carbonyl (C=O) groups excluding carboxylic acids is 1. The minimum atomic E-state index is -0.0274. The van der Waals surface area contributed by atoms with Crippen molar-refractivity contribution in [2.24, 2.45) is 4.99 Å². The first-order valence-electron chi connectivity index (χ1n) is 10.5. The van der Waals surface area contributed by atoms with E-state index in [9.17, 15) is 4.79 Å². The molecule has 1 saturated carbocycles. The molecule has 1 amide bonds. The summed E-state index contributed by atoms with van der Waals surface area (Å²) in [4.78, 5) is 20.0. The third-order valence-corrected chi connectivity index (χ3v) is 5.90. The first kappa shape index (κ1) is 18.2. The molecule has 1 saturated heterocycles. The first-order valence-corrected chi connectivity index (χ1v) is 10.5. The molecule has 6 nitrogen and oxygen atoms in total. The van der Waals surface area contributed by atoms with Gasteiger partial charge in [-0.25, -0.2) is 4.99 Å². The fraction of sp³-hybridized carbons (Fsp3) is 0.391. The molecule has 0 spiro atoms. The van der Waals surface area contributed by atoms with E-state index in [0.717, 1.165) is 56.2 Å². The van der Waals surface area contributed by atoms with Crippen LogP contribution >= 0.6 is 0 Å². The van der Waals surface area contributed by atoms with Crippen molar-refractivity contribution in [3.63, 3.8) is 0 Å². The highest BCUT2D eigenvalue weighted by atomic mass is 16.5. The largest absolute Gasteiger partial charge is 0.454 e. The number of nitrogens with zero attached hydrogens (tertiary/aromatic N) is 2. The van der Waals surface area contributed by atoms with Gasteiger partial charge in [-0.05, 0) is 43.2 Å². The zero-order valence-corrected chi connectivity index (χ0v) is 16.5. The summed E-state index contributed by atoms with van der Waals surface area (Å²) in [5, 5.41) is 6.55. The van der Waals surface area contributed by atoms with Gasteiger partial charge in [0, 0.05) is 37.8 Å². The molecule has 6 heteroatoms. The number of rotatable bonds is 2. The summed E-state index contributed by atoms with van der Waals surface area (Å²) < 4.78 is 6.20. The second-order valence-electron chi connectivity index (χ2n) is 7.91. The fourth-order valence-electron chi connectivity index (χ4n) is 4.32. The van der Waals surface area contributed by atoms with Gasteiger partial charge in [-0.1, -0.05) is 25.0 Å². The third kappa shape index (κ3) is 3.72. The topological polar surface area (TPSA) is 66.0 Å². The van der Waals surface area contributed by atoms with Gasteiger partial charge < -0.3 is 20.3 Å². The summed E-state index contributed by atoms with van der Waals surface area (Å²) in [6, 6.07) is 13.9. The Labute approximate surface area is 171 Å². The maximum Gasteiger partial charge on any atom is 0.251 e. The van der Waals surface area contributed by atoms with Crippen LogP contribution in [0.1, 0.15) is 41.6 Å². The smallest absolute Gasteiger partial charge is 0.251 e. The van der Waals surface area contributed by atoms with Gasteiger partial charge in [0.2, 0.25) is 0 Å². The molecule has 0 bridgehead atoms. The van der Waals surface area contributed by atoms with Gasteiger partial charge in [-0.2, -0.15) is 0 Å². The van der Waals surface area contributed by atoms with Crippen molar-refractivity contribution in [3.05, 3.63) is 53.6 Å². The molecule has 0 aromatic heterocycles. The van der Waals surface area contributed by atoms with E-state index < -0.39 is 0 Å². The molecule has 0 atom stereocenters. The van der Waals surface area contributed by atoms with Gasteiger partial charge in [0.15, 0.2) is 5.75 Å². The van der Waals surface area contributed by atoms with Crippen molar-refractivity contribution in [1.82, 2.24) is 15.5 Å². The summed E-state index contributed by atoms with van der Waals surface area (Å²) in [5.74, 6) is 2.36. The number of fused-ring (bicyclic) bond motifs is 2. The Morgan fingerprint density at radius 3 is 2.69 bits per heavy atom. The van der Waals surface area contributed by atoms with Crippen LogP contribution in [0.4, 0.5) is 5.69 Å². The molecule has 2 N–H and O–H groups in total. The van der Waals surface area contributed by atoms with E-state index in [0.29, 0.717) is 23.0 Å². The molecule has 1 aliphatic carbocycles. The monoisotopic (exact) mass is 390 g/mol. The van der Waals surface area contributed by atoms with Crippen molar-refractivity contribution in [3.8, 4) is 11.5 Å². The highest BCUT2D eigenvalue weighted by molar-refractivity contribution is 6.04. The summed E-state index contributed by atoms with van der Waals surface area (Å²) >= 11 is 0. The summed E-state index contributed by atoms with van der Waals surface area (Å²) in [5.41, 5.74) is 2.32. The summed E-state index contributed by atoms with van der Waals surface area (Å²) in [6.45, 7) is 3.65. The lowest BCUT2D eigenvalue weighted by Crippen LogP contribution is -2.46. The number of hydrogen-bond donors (Lipinski definition) is 2. The number of hydrogen-bond acceptors (Lipinski definition) is 5. The maximum atomic E-state index is 12.8. The molecule has 2 fully saturated rings. The van der Waals surface area contributed by atoms with Crippen LogP contribution in [-0.4, -0.2) is 48.9 Å². The minimum Gasteiger partial charge on any atom is -0.454 e. The molecular formula is C23H26N4O2. The van der Waals surface area contributed by atoms with Crippen LogP contribution in [0.25, 0.3) is 0 Å². The minimum absolute atomic E-state index is 0.0274. The Morgan fingerprint density at radius 1 is 1.07 bits per heavy atom. The molecule has 2 aromatic carbocycles. The third-order valence-electron chi connectivity index (χ3n) is 5.90. The molecule has 0 radical (unpaired) electrons. The van der Waals surface area contributed by atoms with E-state index in [4.69, 9.17) is 9.73 Å². The summed E-state index contributed by atoms with van der Waals surface area (Å²) in [7, 11) is 0. The van der Waals surface area contributed by atoms with E-state index in [1.54, 1.807) is 0 Å². The lowest BCUT2D eigenvalue weighted by molar-refractivity contribution is 0.0938. The maximum absolute atomic E-state index is 12.8. The Kier molecular flexibility index (Phi) is 4.94. The zero-order valence-electron chi connectivity index (χ0n) is 16.5. The summed E-state index contributed by atoms with van der Waals surface area (Å²) in [6.07, 6.45) is 4.53. The number of amides is 1. The number of benzene rings is 2. The van der Waals surface area contributed by atoms with E-state index >= 15 is 0 Å².